The zero-order chi connectivity index (χ0) is 15.5. The number of carboxylic acids is 1. The molecule has 1 aliphatic heterocycles. The van der Waals surface area contributed by atoms with Crippen molar-refractivity contribution in [2.24, 2.45) is 5.92 Å². The molecule has 2 atom stereocenters. The van der Waals surface area contributed by atoms with Gasteiger partial charge in [0.25, 0.3) is 0 Å². The Bertz CT molecular complexity index is 512. The molecule has 114 valence electrons. The van der Waals surface area contributed by atoms with E-state index >= 15 is 0 Å². The molecule has 1 amide bonds. The molecule has 0 radical (unpaired) electrons. The fourth-order valence-electron chi connectivity index (χ4n) is 2.65. The van der Waals surface area contributed by atoms with Gasteiger partial charge in [0.05, 0.1) is 5.60 Å². The number of nitrogens with one attached hydrogen (secondary N) is 1. The monoisotopic (exact) mass is 291 g/mol. The van der Waals surface area contributed by atoms with Crippen LogP contribution in [0.15, 0.2) is 30.3 Å². The molecule has 5 heteroatoms. The molecule has 0 saturated carbocycles. The lowest BCUT2D eigenvalue weighted by Gasteiger charge is -2.35. The minimum Gasteiger partial charge on any atom is -0.479 e. The van der Waals surface area contributed by atoms with E-state index in [1.807, 2.05) is 19.9 Å². The zero-order valence-corrected chi connectivity index (χ0v) is 12.3. The average molecular weight is 291 g/mol. The number of amides is 1. The maximum Gasteiger partial charge on any atom is 0.330 e. The fraction of sp³-hybridized carbons (Fsp3) is 0.500. The first-order valence-electron chi connectivity index (χ1n) is 7.11. The van der Waals surface area contributed by atoms with E-state index in [2.05, 4.69) is 5.32 Å². The third kappa shape index (κ3) is 4.04. The molecule has 0 unspecified atom stereocenters. The highest BCUT2D eigenvalue weighted by Crippen LogP contribution is 2.29. The van der Waals surface area contributed by atoms with Crippen molar-refractivity contribution in [3.8, 4) is 0 Å². The van der Waals surface area contributed by atoms with Crippen LogP contribution >= 0.6 is 0 Å². The lowest BCUT2D eigenvalue weighted by Crippen LogP contribution is -2.43. The molecule has 21 heavy (non-hydrogen) atoms. The molecular formula is C16H21NO4. The summed E-state index contributed by atoms with van der Waals surface area (Å²) in [6.07, 6.45) is 1.22. The molecule has 1 aliphatic rings. The highest BCUT2D eigenvalue weighted by Gasteiger charge is 2.34. The van der Waals surface area contributed by atoms with Crippen LogP contribution in [0.3, 0.4) is 0 Å². The van der Waals surface area contributed by atoms with Crippen LogP contribution in [0.25, 0.3) is 0 Å². The number of ether oxygens (including phenoxy) is 1. The van der Waals surface area contributed by atoms with Gasteiger partial charge in [-0.15, -0.1) is 0 Å². The summed E-state index contributed by atoms with van der Waals surface area (Å²) in [4.78, 5) is 23.8. The van der Waals surface area contributed by atoms with Gasteiger partial charge in [0.1, 0.15) is 0 Å². The molecule has 0 aromatic heterocycles. The summed E-state index contributed by atoms with van der Waals surface area (Å²) in [7, 11) is 0. The van der Waals surface area contributed by atoms with Gasteiger partial charge in [-0.25, -0.2) is 4.79 Å². The molecular weight excluding hydrogens is 270 g/mol. The van der Waals surface area contributed by atoms with Crippen LogP contribution in [-0.2, 0) is 14.3 Å². The third-order valence-corrected chi connectivity index (χ3v) is 3.73. The summed E-state index contributed by atoms with van der Waals surface area (Å²) in [5.41, 5.74) is 0.232. The predicted octanol–water partition coefficient (Wildman–Crippen LogP) is 2.13. The third-order valence-electron chi connectivity index (χ3n) is 3.73. The van der Waals surface area contributed by atoms with Crippen LogP contribution in [-0.4, -0.2) is 29.2 Å². The van der Waals surface area contributed by atoms with Crippen LogP contribution in [0.4, 0.5) is 0 Å². The van der Waals surface area contributed by atoms with Gasteiger partial charge in [-0.05, 0) is 32.3 Å². The highest BCUT2D eigenvalue weighted by atomic mass is 16.5. The molecule has 1 saturated heterocycles. The number of carbonyl (C=O) groups is 2. The minimum absolute atomic E-state index is 0.209. The number of hydrogen-bond acceptors (Lipinski definition) is 3. The van der Waals surface area contributed by atoms with Gasteiger partial charge in [-0.1, -0.05) is 30.3 Å². The summed E-state index contributed by atoms with van der Waals surface area (Å²) in [5.74, 6) is -1.48. The van der Waals surface area contributed by atoms with Crippen molar-refractivity contribution in [3.05, 3.63) is 35.9 Å². The second-order valence-corrected chi connectivity index (χ2v) is 5.99. The quantitative estimate of drug-likeness (QED) is 0.891. The fourth-order valence-corrected chi connectivity index (χ4v) is 2.65. The lowest BCUT2D eigenvalue weighted by molar-refractivity contribution is -0.145. The first-order valence-corrected chi connectivity index (χ1v) is 7.11. The Kier molecular flexibility index (Phi) is 4.63. The molecule has 1 aromatic carbocycles. The SMILES string of the molecule is CC1(C)C[C@@H](C(=O)N[C@H](C(=O)O)c2ccccc2)CCO1. The predicted molar refractivity (Wildman–Crippen MR) is 77.7 cm³/mol. The van der Waals surface area contributed by atoms with Crippen molar-refractivity contribution in [2.75, 3.05) is 6.61 Å². The Balaban J connectivity index is 2.07. The Morgan fingerprint density at radius 2 is 2.00 bits per heavy atom. The van der Waals surface area contributed by atoms with Crippen LogP contribution in [0.5, 0.6) is 0 Å². The van der Waals surface area contributed by atoms with E-state index in [9.17, 15) is 14.7 Å². The first-order chi connectivity index (χ1) is 9.89. The normalized spacial score (nSPS) is 22.3. The van der Waals surface area contributed by atoms with Gasteiger partial charge in [0.15, 0.2) is 6.04 Å². The Morgan fingerprint density at radius 3 is 2.57 bits per heavy atom. The maximum absolute atomic E-state index is 12.3. The van der Waals surface area contributed by atoms with Crippen LogP contribution in [0.2, 0.25) is 0 Å². The van der Waals surface area contributed by atoms with Crippen LogP contribution in [0.1, 0.15) is 38.3 Å². The number of aliphatic carboxylic acids is 1. The Morgan fingerprint density at radius 1 is 1.33 bits per heavy atom. The summed E-state index contributed by atoms with van der Waals surface area (Å²) in [6, 6.07) is 7.72. The van der Waals surface area contributed by atoms with Crippen LogP contribution < -0.4 is 5.32 Å². The van der Waals surface area contributed by atoms with Crippen LogP contribution in [0, 0.1) is 5.92 Å². The van der Waals surface area contributed by atoms with Crippen molar-refractivity contribution in [2.45, 2.75) is 38.3 Å². The summed E-state index contributed by atoms with van der Waals surface area (Å²) in [5, 5.41) is 12.0. The molecule has 0 spiro atoms. The van der Waals surface area contributed by atoms with Crippen molar-refractivity contribution in [1.82, 2.24) is 5.32 Å². The Labute approximate surface area is 124 Å². The molecule has 5 nitrogen and oxygen atoms in total. The van der Waals surface area contributed by atoms with E-state index in [1.165, 1.54) is 0 Å². The maximum atomic E-state index is 12.3. The molecule has 1 fully saturated rings. The van der Waals surface area contributed by atoms with Gasteiger partial charge in [0.2, 0.25) is 5.91 Å². The second-order valence-electron chi connectivity index (χ2n) is 5.99. The van der Waals surface area contributed by atoms with Gasteiger partial charge in [-0.2, -0.15) is 0 Å². The second kappa shape index (κ2) is 6.26. The molecule has 2 rings (SSSR count). The largest absolute Gasteiger partial charge is 0.479 e. The Hall–Kier alpha value is -1.88. The number of carboxylic acid groups (broad SMARTS) is 1. The standard InChI is InChI=1S/C16H21NO4/c1-16(2)10-12(8-9-21-16)14(18)17-13(15(19)20)11-6-4-3-5-7-11/h3-7,12-13H,8-10H2,1-2H3,(H,17,18)(H,19,20)/t12-,13-/m0/s1. The van der Waals surface area contributed by atoms with Gasteiger partial charge < -0.3 is 15.2 Å². The van der Waals surface area contributed by atoms with Crippen molar-refractivity contribution < 1.29 is 19.4 Å². The molecule has 2 N–H and O–H groups in total. The van der Waals surface area contributed by atoms with Crippen molar-refractivity contribution >= 4 is 11.9 Å². The number of carbonyl (C=O) groups excluding carboxylic acids is 1. The van der Waals surface area contributed by atoms with Crippen molar-refractivity contribution in [1.29, 1.82) is 0 Å². The van der Waals surface area contributed by atoms with Gasteiger partial charge in [-0.3, -0.25) is 4.79 Å². The molecule has 1 heterocycles. The van der Waals surface area contributed by atoms with E-state index in [1.54, 1.807) is 24.3 Å². The van der Waals surface area contributed by atoms with E-state index < -0.39 is 12.0 Å². The van der Waals surface area contributed by atoms with Gasteiger partial charge in [0, 0.05) is 12.5 Å². The summed E-state index contributed by atoms with van der Waals surface area (Å²) in [6.45, 7) is 4.41. The molecule has 0 bridgehead atoms. The summed E-state index contributed by atoms with van der Waals surface area (Å²) >= 11 is 0. The van der Waals surface area contributed by atoms with E-state index in [0.717, 1.165) is 0 Å². The number of benzene rings is 1. The summed E-state index contributed by atoms with van der Waals surface area (Å²) < 4.78 is 5.59. The number of rotatable bonds is 4. The van der Waals surface area contributed by atoms with Crippen molar-refractivity contribution in [3.63, 3.8) is 0 Å². The minimum atomic E-state index is -1.05. The molecule has 1 aromatic rings. The molecule has 0 aliphatic carbocycles. The van der Waals surface area contributed by atoms with E-state index in [0.29, 0.717) is 25.0 Å². The average Bonchev–Trinajstić information content (AvgIpc) is 2.44. The smallest absolute Gasteiger partial charge is 0.330 e. The zero-order valence-electron chi connectivity index (χ0n) is 12.3. The van der Waals surface area contributed by atoms with E-state index in [-0.39, 0.29) is 17.4 Å². The highest BCUT2D eigenvalue weighted by molar-refractivity contribution is 5.86. The lowest BCUT2D eigenvalue weighted by atomic mass is 9.87. The number of hydrogen-bond donors (Lipinski definition) is 2. The van der Waals surface area contributed by atoms with E-state index in [4.69, 9.17) is 4.74 Å². The topological polar surface area (TPSA) is 75.6 Å². The van der Waals surface area contributed by atoms with Gasteiger partial charge >= 0.3 is 5.97 Å². The first kappa shape index (κ1) is 15.5.